The van der Waals surface area contributed by atoms with Crippen LogP contribution in [0.15, 0.2) is 56.8 Å². The maximum atomic E-state index is 12.4. The number of allylic oxidation sites excluding steroid dienone is 2. The van der Waals surface area contributed by atoms with Gasteiger partial charge in [-0.15, -0.1) is 0 Å². The first-order chi connectivity index (χ1) is 9.33. The Bertz CT molecular complexity index is 559. The number of carbonyl (C=O) groups is 1. The average Bonchev–Trinajstić information content (AvgIpc) is 3.07. The zero-order chi connectivity index (χ0) is 13.1. The number of ketones is 1. The highest BCUT2D eigenvalue weighted by Gasteiger charge is 2.21. The van der Waals surface area contributed by atoms with Crippen molar-refractivity contribution in [3.05, 3.63) is 59.5 Å². The molecule has 0 amide bonds. The zero-order valence-corrected chi connectivity index (χ0v) is 10.5. The molecule has 1 fully saturated rings. The van der Waals surface area contributed by atoms with Gasteiger partial charge in [-0.25, -0.2) is 0 Å². The van der Waals surface area contributed by atoms with Crippen LogP contribution in [0.2, 0.25) is 0 Å². The van der Waals surface area contributed by atoms with Gasteiger partial charge >= 0.3 is 0 Å². The van der Waals surface area contributed by atoms with Crippen LogP contribution in [-0.4, -0.2) is 5.78 Å². The topological polar surface area (TPSA) is 43.4 Å². The van der Waals surface area contributed by atoms with Gasteiger partial charge in [0.25, 0.3) is 0 Å². The van der Waals surface area contributed by atoms with Gasteiger partial charge in [0, 0.05) is 11.1 Å². The van der Waals surface area contributed by atoms with Crippen molar-refractivity contribution in [3.63, 3.8) is 0 Å². The quantitative estimate of drug-likeness (QED) is 0.758. The maximum absolute atomic E-state index is 12.4. The van der Waals surface area contributed by atoms with E-state index in [1.54, 1.807) is 12.5 Å². The minimum Gasteiger partial charge on any atom is -0.465 e. The molecule has 0 bridgehead atoms. The fourth-order valence-corrected chi connectivity index (χ4v) is 2.27. The van der Waals surface area contributed by atoms with Crippen molar-refractivity contribution in [2.75, 3.05) is 0 Å². The Balaban J connectivity index is 1.87. The molecule has 0 aliphatic heterocycles. The molecule has 19 heavy (non-hydrogen) atoms. The first kappa shape index (κ1) is 11.8. The Morgan fingerprint density at radius 1 is 0.895 bits per heavy atom. The molecule has 1 saturated carbocycles. The van der Waals surface area contributed by atoms with Gasteiger partial charge in [0.05, 0.1) is 12.5 Å². The highest BCUT2D eigenvalue weighted by Crippen LogP contribution is 2.28. The summed E-state index contributed by atoms with van der Waals surface area (Å²) in [7, 11) is 0. The molecule has 1 aliphatic carbocycles. The molecule has 96 valence electrons. The monoisotopic (exact) mass is 254 g/mol. The summed E-state index contributed by atoms with van der Waals surface area (Å²) < 4.78 is 10.5. The Hall–Kier alpha value is -2.29. The fraction of sp³-hybridized carbons (Fsp3) is 0.188. The van der Waals surface area contributed by atoms with Crippen LogP contribution in [0.1, 0.15) is 30.8 Å². The van der Waals surface area contributed by atoms with E-state index in [0.717, 1.165) is 41.9 Å². The third-order valence-corrected chi connectivity index (χ3v) is 3.19. The van der Waals surface area contributed by atoms with Crippen LogP contribution < -0.4 is 0 Å². The lowest BCUT2D eigenvalue weighted by atomic mass is 9.88. The summed E-state index contributed by atoms with van der Waals surface area (Å²) in [5, 5.41) is 0. The van der Waals surface area contributed by atoms with E-state index in [0.29, 0.717) is 0 Å². The minimum atomic E-state index is 0.0963. The van der Waals surface area contributed by atoms with Crippen LogP contribution in [0.25, 0.3) is 12.2 Å². The van der Waals surface area contributed by atoms with E-state index in [9.17, 15) is 4.79 Å². The van der Waals surface area contributed by atoms with E-state index in [-0.39, 0.29) is 5.78 Å². The van der Waals surface area contributed by atoms with Crippen molar-refractivity contribution in [1.29, 1.82) is 0 Å². The van der Waals surface area contributed by atoms with Crippen molar-refractivity contribution in [1.82, 2.24) is 0 Å². The molecule has 0 atom stereocenters. The molecule has 2 aromatic rings. The van der Waals surface area contributed by atoms with Crippen molar-refractivity contribution in [3.8, 4) is 0 Å². The van der Waals surface area contributed by atoms with Crippen molar-refractivity contribution in [2.45, 2.75) is 19.3 Å². The van der Waals surface area contributed by atoms with E-state index >= 15 is 0 Å². The van der Waals surface area contributed by atoms with Crippen LogP contribution in [0.3, 0.4) is 0 Å². The van der Waals surface area contributed by atoms with Gasteiger partial charge in [-0.1, -0.05) is 0 Å². The molecule has 0 radical (unpaired) electrons. The summed E-state index contributed by atoms with van der Waals surface area (Å²) in [6, 6.07) is 7.34. The van der Waals surface area contributed by atoms with Gasteiger partial charge < -0.3 is 8.83 Å². The second-order valence-electron chi connectivity index (χ2n) is 4.55. The third-order valence-electron chi connectivity index (χ3n) is 3.19. The molecule has 3 rings (SSSR count). The predicted octanol–water partition coefficient (Wildman–Crippen LogP) is 4.09. The van der Waals surface area contributed by atoms with E-state index in [2.05, 4.69) is 0 Å². The number of hydrogen-bond donors (Lipinski definition) is 0. The lowest BCUT2D eigenvalue weighted by molar-refractivity contribution is -0.112. The lowest BCUT2D eigenvalue weighted by Crippen LogP contribution is -2.12. The lowest BCUT2D eigenvalue weighted by Gasteiger charge is -2.15. The highest BCUT2D eigenvalue weighted by molar-refractivity contribution is 6.13. The van der Waals surface area contributed by atoms with Crippen molar-refractivity contribution < 1.29 is 13.6 Å². The van der Waals surface area contributed by atoms with Crippen molar-refractivity contribution >= 4 is 17.9 Å². The summed E-state index contributed by atoms with van der Waals surface area (Å²) in [5.74, 6) is 1.55. The van der Waals surface area contributed by atoms with E-state index in [1.807, 2.05) is 36.4 Å². The maximum Gasteiger partial charge on any atom is 0.185 e. The van der Waals surface area contributed by atoms with E-state index < -0.39 is 0 Å². The average molecular weight is 254 g/mol. The van der Waals surface area contributed by atoms with Crippen LogP contribution >= 0.6 is 0 Å². The largest absolute Gasteiger partial charge is 0.465 e. The molecular formula is C16H14O3. The Morgan fingerprint density at radius 3 is 1.84 bits per heavy atom. The first-order valence-corrected chi connectivity index (χ1v) is 6.36. The Morgan fingerprint density at radius 2 is 1.42 bits per heavy atom. The van der Waals surface area contributed by atoms with E-state index in [4.69, 9.17) is 8.83 Å². The summed E-state index contributed by atoms with van der Waals surface area (Å²) in [5.41, 5.74) is 1.61. The molecule has 0 saturated heterocycles. The van der Waals surface area contributed by atoms with Gasteiger partial charge in [0.2, 0.25) is 0 Å². The van der Waals surface area contributed by atoms with E-state index in [1.165, 1.54) is 0 Å². The first-order valence-electron chi connectivity index (χ1n) is 6.36. The molecule has 0 unspecified atom stereocenters. The van der Waals surface area contributed by atoms with Crippen LogP contribution in [0.5, 0.6) is 0 Å². The SMILES string of the molecule is O=C1C(=Cc2ccco2)CCC/C1=C/c1ccco1. The van der Waals surface area contributed by atoms with Gasteiger partial charge in [0.15, 0.2) is 5.78 Å². The normalized spacial score (nSPS) is 20.3. The summed E-state index contributed by atoms with van der Waals surface area (Å²) in [4.78, 5) is 12.4. The zero-order valence-electron chi connectivity index (χ0n) is 10.5. The number of hydrogen-bond acceptors (Lipinski definition) is 3. The Labute approximate surface area is 111 Å². The highest BCUT2D eigenvalue weighted by atomic mass is 16.3. The second kappa shape index (κ2) is 5.14. The number of carbonyl (C=O) groups excluding carboxylic acids is 1. The molecule has 3 heteroatoms. The fourth-order valence-electron chi connectivity index (χ4n) is 2.27. The minimum absolute atomic E-state index is 0.0963. The summed E-state index contributed by atoms with van der Waals surface area (Å²) >= 11 is 0. The molecule has 2 aromatic heterocycles. The third kappa shape index (κ3) is 2.60. The molecule has 0 spiro atoms. The van der Waals surface area contributed by atoms with Crippen LogP contribution in [-0.2, 0) is 4.79 Å². The molecular weight excluding hydrogens is 240 g/mol. The molecule has 1 aliphatic rings. The summed E-state index contributed by atoms with van der Waals surface area (Å²) in [6.07, 6.45) is 9.46. The molecule has 2 heterocycles. The van der Waals surface area contributed by atoms with Crippen LogP contribution in [0, 0.1) is 0 Å². The predicted molar refractivity (Wildman–Crippen MR) is 72.2 cm³/mol. The number of Topliss-reactive ketones (excluding diaryl/α,β-unsaturated/α-hetero) is 1. The van der Waals surface area contributed by atoms with Gasteiger partial charge in [-0.05, 0) is 55.7 Å². The molecule has 0 N–H and O–H groups in total. The second-order valence-corrected chi connectivity index (χ2v) is 4.55. The van der Waals surface area contributed by atoms with Crippen molar-refractivity contribution in [2.24, 2.45) is 0 Å². The van der Waals surface area contributed by atoms with Gasteiger partial charge in [-0.2, -0.15) is 0 Å². The van der Waals surface area contributed by atoms with Gasteiger partial charge in [0.1, 0.15) is 11.5 Å². The number of rotatable bonds is 2. The summed E-state index contributed by atoms with van der Waals surface area (Å²) in [6.45, 7) is 0. The Kier molecular flexibility index (Phi) is 3.19. The van der Waals surface area contributed by atoms with Crippen LogP contribution in [0.4, 0.5) is 0 Å². The smallest absolute Gasteiger partial charge is 0.185 e. The molecule has 3 nitrogen and oxygen atoms in total. The number of furan rings is 2. The molecule has 0 aromatic carbocycles. The standard InChI is InChI=1S/C16H14O3/c17-16-12(10-14-6-2-8-18-14)4-1-5-13(16)11-15-7-3-9-19-15/h2-3,6-11H,1,4-5H2/b12-10-,13-11?. The van der Waals surface area contributed by atoms with Gasteiger partial charge in [-0.3, -0.25) is 4.79 Å².